The lowest BCUT2D eigenvalue weighted by molar-refractivity contribution is -0.143. The molecule has 0 aromatic carbocycles. The van der Waals surface area contributed by atoms with E-state index in [1.54, 1.807) is 12.4 Å². The highest BCUT2D eigenvalue weighted by Gasteiger charge is 2.42. The molecule has 1 spiro atoms. The molecule has 25 heavy (non-hydrogen) atoms. The monoisotopic (exact) mass is 343 g/mol. The summed E-state index contributed by atoms with van der Waals surface area (Å²) in [4.78, 5) is 33.0. The van der Waals surface area contributed by atoms with Gasteiger partial charge in [0.15, 0.2) is 0 Å². The van der Waals surface area contributed by atoms with Crippen molar-refractivity contribution < 1.29 is 9.59 Å². The molecule has 1 aromatic rings. The van der Waals surface area contributed by atoms with Crippen LogP contribution in [-0.2, 0) is 16.1 Å². The van der Waals surface area contributed by atoms with Crippen molar-refractivity contribution in [3.8, 4) is 0 Å². The van der Waals surface area contributed by atoms with Crippen molar-refractivity contribution in [1.29, 1.82) is 0 Å². The quantitative estimate of drug-likeness (QED) is 0.826. The molecule has 1 atom stereocenters. The number of pyridine rings is 1. The van der Waals surface area contributed by atoms with Crippen molar-refractivity contribution in [3.05, 3.63) is 30.1 Å². The fourth-order valence-corrected chi connectivity index (χ4v) is 4.19. The Balaban J connectivity index is 1.66. The molecule has 2 fully saturated rings. The second kappa shape index (κ2) is 7.98. The first kappa shape index (κ1) is 17.9. The number of hydrogen-bond acceptors (Lipinski definition) is 3. The Labute approximate surface area is 150 Å². The number of carbonyl (C=O) groups excluding carboxylic acids is 2. The molecule has 136 valence electrons. The molecule has 2 aliphatic rings. The first-order chi connectivity index (χ1) is 12.1. The van der Waals surface area contributed by atoms with Crippen molar-refractivity contribution in [3.63, 3.8) is 0 Å². The molecule has 1 aromatic heterocycles. The zero-order valence-corrected chi connectivity index (χ0v) is 15.2. The van der Waals surface area contributed by atoms with Crippen LogP contribution < -0.4 is 0 Å². The predicted octanol–water partition coefficient (Wildman–Crippen LogP) is 3.00. The number of amides is 2. The predicted molar refractivity (Wildman–Crippen MR) is 96.7 cm³/mol. The first-order valence-corrected chi connectivity index (χ1v) is 9.56. The molecule has 0 bridgehead atoms. The van der Waals surface area contributed by atoms with Gasteiger partial charge in [0.1, 0.15) is 0 Å². The van der Waals surface area contributed by atoms with Crippen LogP contribution in [0.15, 0.2) is 24.5 Å². The molecule has 5 heteroatoms. The highest BCUT2D eigenvalue weighted by atomic mass is 16.2. The van der Waals surface area contributed by atoms with E-state index in [1.165, 1.54) is 0 Å². The van der Waals surface area contributed by atoms with Crippen LogP contribution in [0.2, 0.25) is 0 Å². The van der Waals surface area contributed by atoms with Gasteiger partial charge in [-0.25, -0.2) is 0 Å². The average molecular weight is 343 g/mol. The fraction of sp³-hybridized carbons (Fsp3) is 0.650. The Morgan fingerprint density at radius 3 is 2.80 bits per heavy atom. The van der Waals surface area contributed by atoms with Crippen LogP contribution in [0.1, 0.15) is 57.4 Å². The Bertz CT molecular complexity index is 604. The van der Waals surface area contributed by atoms with Crippen molar-refractivity contribution in [1.82, 2.24) is 14.8 Å². The summed E-state index contributed by atoms with van der Waals surface area (Å²) in [6, 6.07) is 3.94. The summed E-state index contributed by atoms with van der Waals surface area (Å²) >= 11 is 0. The van der Waals surface area contributed by atoms with Gasteiger partial charge in [0.2, 0.25) is 11.8 Å². The van der Waals surface area contributed by atoms with Crippen LogP contribution in [0, 0.1) is 5.41 Å². The molecule has 3 heterocycles. The number of hydrogen-bond donors (Lipinski definition) is 0. The Morgan fingerprint density at radius 2 is 2.04 bits per heavy atom. The van der Waals surface area contributed by atoms with Gasteiger partial charge in [-0.05, 0) is 43.4 Å². The highest BCUT2D eigenvalue weighted by Crippen LogP contribution is 2.39. The van der Waals surface area contributed by atoms with Crippen LogP contribution >= 0.6 is 0 Å². The van der Waals surface area contributed by atoms with E-state index in [0.29, 0.717) is 25.3 Å². The fourth-order valence-electron chi connectivity index (χ4n) is 4.19. The standard InChI is InChI=1S/C20H29N3O2/c1-2-3-5-18(24)22-13-4-9-20(15-22)10-6-19(25)23(16-20)14-17-7-11-21-12-8-17/h7-8,11-12H,2-6,9-10,13-16H2,1H3. The average Bonchev–Trinajstić information content (AvgIpc) is 2.64. The molecular formula is C20H29N3O2. The lowest BCUT2D eigenvalue weighted by atomic mass is 9.73. The van der Waals surface area contributed by atoms with Gasteiger partial charge in [0.05, 0.1) is 0 Å². The van der Waals surface area contributed by atoms with E-state index in [0.717, 1.165) is 57.3 Å². The molecule has 0 saturated carbocycles. The Kier molecular flexibility index (Phi) is 5.71. The van der Waals surface area contributed by atoms with E-state index in [2.05, 4.69) is 16.8 Å². The van der Waals surface area contributed by atoms with Crippen molar-refractivity contribution in [2.45, 2.75) is 58.4 Å². The van der Waals surface area contributed by atoms with Crippen molar-refractivity contribution in [2.75, 3.05) is 19.6 Å². The highest BCUT2D eigenvalue weighted by molar-refractivity contribution is 5.78. The number of carbonyl (C=O) groups is 2. The maximum Gasteiger partial charge on any atom is 0.222 e. The van der Waals surface area contributed by atoms with Gasteiger partial charge in [0, 0.05) is 56.8 Å². The van der Waals surface area contributed by atoms with E-state index in [1.807, 2.05) is 17.0 Å². The third kappa shape index (κ3) is 4.39. The molecule has 3 rings (SSSR count). The smallest absolute Gasteiger partial charge is 0.222 e. The maximum atomic E-state index is 12.5. The minimum Gasteiger partial charge on any atom is -0.342 e. The lowest BCUT2D eigenvalue weighted by Gasteiger charge is -2.48. The number of likely N-dealkylation sites (tertiary alicyclic amines) is 2. The molecule has 5 nitrogen and oxygen atoms in total. The third-order valence-corrected chi connectivity index (χ3v) is 5.63. The Hall–Kier alpha value is -1.91. The molecule has 2 saturated heterocycles. The summed E-state index contributed by atoms with van der Waals surface area (Å²) in [6.45, 7) is 5.23. The minimum atomic E-state index is 0.0844. The zero-order chi connectivity index (χ0) is 17.7. The maximum absolute atomic E-state index is 12.5. The van der Waals surface area contributed by atoms with Crippen LogP contribution in [-0.4, -0.2) is 46.2 Å². The van der Waals surface area contributed by atoms with Crippen molar-refractivity contribution in [2.24, 2.45) is 5.41 Å². The molecule has 0 N–H and O–H groups in total. The lowest BCUT2D eigenvalue weighted by Crippen LogP contribution is -2.54. The van der Waals surface area contributed by atoms with Gasteiger partial charge < -0.3 is 9.80 Å². The minimum absolute atomic E-state index is 0.0844. The van der Waals surface area contributed by atoms with E-state index >= 15 is 0 Å². The molecule has 0 radical (unpaired) electrons. The largest absolute Gasteiger partial charge is 0.342 e. The van der Waals surface area contributed by atoms with Gasteiger partial charge in [-0.3, -0.25) is 14.6 Å². The summed E-state index contributed by atoms with van der Waals surface area (Å²) in [6.07, 6.45) is 9.90. The van der Waals surface area contributed by atoms with Gasteiger partial charge in [-0.15, -0.1) is 0 Å². The van der Waals surface area contributed by atoms with Crippen LogP contribution in [0.3, 0.4) is 0 Å². The summed E-state index contributed by atoms with van der Waals surface area (Å²) < 4.78 is 0. The number of nitrogens with zero attached hydrogens (tertiary/aromatic N) is 3. The molecule has 2 amide bonds. The number of rotatable bonds is 5. The van der Waals surface area contributed by atoms with E-state index in [9.17, 15) is 9.59 Å². The van der Waals surface area contributed by atoms with Crippen LogP contribution in [0.5, 0.6) is 0 Å². The van der Waals surface area contributed by atoms with E-state index in [4.69, 9.17) is 0 Å². The topological polar surface area (TPSA) is 53.5 Å². The normalized spacial score (nSPS) is 24.0. The second-order valence-corrected chi connectivity index (χ2v) is 7.63. The summed E-state index contributed by atoms with van der Waals surface area (Å²) in [5.41, 5.74) is 1.20. The van der Waals surface area contributed by atoms with Crippen LogP contribution in [0.25, 0.3) is 0 Å². The number of unbranched alkanes of at least 4 members (excludes halogenated alkanes) is 1. The van der Waals surface area contributed by atoms with Gasteiger partial charge in [-0.2, -0.15) is 0 Å². The van der Waals surface area contributed by atoms with Gasteiger partial charge in [0.25, 0.3) is 0 Å². The summed E-state index contributed by atoms with van der Waals surface area (Å²) in [5, 5.41) is 0. The molecule has 2 aliphatic heterocycles. The van der Waals surface area contributed by atoms with Crippen LogP contribution in [0.4, 0.5) is 0 Å². The first-order valence-electron chi connectivity index (χ1n) is 9.56. The van der Waals surface area contributed by atoms with E-state index < -0.39 is 0 Å². The third-order valence-electron chi connectivity index (χ3n) is 5.63. The number of aromatic nitrogens is 1. The van der Waals surface area contributed by atoms with Crippen molar-refractivity contribution >= 4 is 11.8 Å². The SMILES string of the molecule is CCCCC(=O)N1CCCC2(CCC(=O)N(Cc3ccncc3)C2)C1. The summed E-state index contributed by atoms with van der Waals surface area (Å²) in [5.74, 6) is 0.523. The van der Waals surface area contributed by atoms with Gasteiger partial charge in [-0.1, -0.05) is 13.3 Å². The van der Waals surface area contributed by atoms with E-state index in [-0.39, 0.29) is 11.3 Å². The summed E-state index contributed by atoms with van der Waals surface area (Å²) in [7, 11) is 0. The second-order valence-electron chi connectivity index (χ2n) is 7.63. The molecule has 0 aliphatic carbocycles. The Morgan fingerprint density at radius 1 is 1.24 bits per heavy atom. The molecule has 1 unspecified atom stereocenters. The zero-order valence-electron chi connectivity index (χ0n) is 15.2. The van der Waals surface area contributed by atoms with Gasteiger partial charge >= 0.3 is 0 Å². The molecular weight excluding hydrogens is 314 g/mol. The number of piperidine rings is 2.